The van der Waals surface area contributed by atoms with Crippen LogP contribution in [0.25, 0.3) is 0 Å². The van der Waals surface area contributed by atoms with Crippen molar-refractivity contribution in [2.45, 2.75) is 84.5 Å². The fourth-order valence-electron chi connectivity index (χ4n) is 2.61. The molecule has 5 heteroatoms. The quantitative estimate of drug-likeness (QED) is 0.750. The predicted octanol–water partition coefficient (Wildman–Crippen LogP) is 2.76. The minimum atomic E-state index is -0.637. The molecule has 2 aliphatic rings. The van der Waals surface area contributed by atoms with Crippen molar-refractivity contribution in [2.75, 3.05) is 13.1 Å². The summed E-state index contributed by atoms with van der Waals surface area (Å²) in [5.74, 6) is 0.311. The zero-order chi connectivity index (χ0) is 17.0. The van der Waals surface area contributed by atoms with E-state index in [1.54, 1.807) is 0 Å². The molecule has 2 rings (SSSR count). The van der Waals surface area contributed by atoms with Crippen molar-refractivity contribution in [3.05, 3.63) is 0 Å². The molecule has 2 saturated heterocycles. The van der Waals surface area contributed by atoms with Crippen molar-refractivity contribution in [3.63, 3.8) is 0 Å². The maximum Gasteiger partial charge on any atom is 0.221 e. The summed E-state index contributed by atoms with van der Waals surface area (Å²) in [6.45, 7) is 9.84. The van der Waals surface area contributed by atoms with Crippen LogP contribution in [0.15, 0.2) is 0 Å². The molecule has 0 aromatic heterocycles. The topological polar surface area (TPSA) is 67.2 Å². The second-order valence-electron chi connectivity index (χ2n) is 5.99. The first-order valence-electron chi connectivity index (χ1n) is 8.94. The molecule has 2 heterocycles. The van der Waals surface area contributed by atoms with Crippen LogP contribution in [0.1, 0.15) is 66.2 Å². The normalized spacial score (nSPS) is 27.3. The monoisotopic (exact) mass is 317 g/mol. The maximum absolute atomic E-state index is 13.4. The van der Waals surface area contributed by atoms with E-state index >= 15 is 0 Å². The Bertz CT molecular complexity index is 283. The van der Waals surface area contributed by atoms with Gasteiger partial charge in [0.25, 0.3) is 0 Å². The molecule has 0 radical (unpaired) electrons. The third-order valence-corrected chi connectivity index (χ3v) is 4.19. The van der Waals surface area contributed by atoms with Crippen LogP contribution in [-0.4, -0.2) is 37.3 Å². The molecule has 0 saturated carbocycles. The number of rotatable bonds is 3. The first kappa shape index (κ1) is 21.3. The molecule has 0 aliphatic carbocycles. The number of carbonyl (C=O) groups is 1. The minimum absolute atomic E-state index is 0.0903. The van der Waals surface area contributed by atoms with Gasteiger partial charge in [-0.3, -0.25) is 4.79 Å². The standard InChI is InChI=1S/C9H18FN.C6H12N2O.C2H6/c1-3-7(2)9(10)8-5-4-6-11-8;7-5-2-1-3-8-6(9)4-5;1-2/h7-9,11H,3-6H2,1-2H3;5H,1-4,7H2,(H,8,9);1-2H3. The Hall–Kier alpha value is -0.680. The smallest absolute Gasteiger partial charge is 0.221 e. The summed E-state index contributed by atoms with van der Waals surface area (Å²) >= 11 is 0. The number of nitrogens with one attached hydrogen (secondary N) is 2. The van der Waals surface area contributed by atoms with Gasteiger partial charge < -0.3 is 16.4 Å². The lowest BCUT2D eigenvalue weighted by Crippen LogP contribution is -2.35. The fraction of sp³-hybridized carbons (Fsp3) is 0.941. The van der Waals surface area contributed by atoms with Gasteiger partial charge in [0.05, 0.1) is 0 Å². The van der Waals surface area contributed by atoms with Crippen molar-refractivity contribution in [3.8, 4) is 0 Å². The van der Waals surface area contributed by atoms with E-state index in [1.807, 2.05) is 27.7 Å². The van der Waals surface area contributed by atoms with Crippen LogP contribution in [-0.2, 0) is 4.79 Å². The van der Waals surface area contributed by atoms with Gasteiger partial charge in [-0.1, -0.05) is 34.1 Å². The van der Waals surface area contributed by atoms with Crippen LogP contribution in [0.5, 0.6) is 0 Å². The third kappa shape index (κ3) is 8.69. The lowest BCUT2D eigenvalue weighted by Gasteiger charge is -2.20. The molecule has 1 amide bonds. The molecule has 22 heavy (non-hydrogen) atoms. The van der Waals surface area contributed by atoms with Gasteiger partial charge in [0.2, 0.25) is 5.91 Å². The van der Waals surface area contributed by atoms with Crippen LogP contribution in [0, 0.1) is 5.92 Å². The summed E-state index contributed by atoms with van der Waals surface area (Å²) in [6, 6.07) is 0.234. The average Bonchev–Trinajstić information content (AvgIpc) is 3.00. The summed E-state index contributed by atoms with van der Waals surface area (Å²) in [7, 11) is 0. The third-order valence-electron chi connectivity index (χ3n) is 4.19. The van der Waals surface area contributed by atoms with Crippen molar-refractivity contribution in [1.82, 2.24) is 10.6 Å². The van der Waals surface area contributed by atoms with Gasteiger partial charge in [-0.05, 0) is 38.1 Å². The number of nitrogens with two attached hydrogens (primary N) is 1. The van der Waals surface area contributed by atoms with Gasteiger partial charge in [-0.2, -0.15) is 0 Å². The van der Waals surface area contributed by atoms with Gasteiger partial charge in [0.1, 0.15) is 6.17 Å². The molecular weight excluding hydrogens is 281 g/mol. The van der Waals surface area contributed by atoms with Crippen LogP contribution >= 0.6 is 0 Å². The molecule has 4 N–H and O–H groups in total. The van der Waals surface area contributed by atoms with Crippen molar-refractivity contribution in [1.29, 1.82) is 0 Å². The Kier molecular flexibility index (Phi) is 12.4. The lowest BCUT2D eigenvalue weighted by molar-refractivity contribution is -0.120. The fourth-order valence-corrected chi connectivity index (χ4v) is 2.61. The van der Waals surface area contributed by atoms with E-state index in [0.717, 1.165) is 45.2 Å². The molecule has 2 fully saturated rings. The molecule has 0 bridgehead atoms. The molecule has 0 aromatic carbocycles. The first-order valence-corrected chi connectivity index (χ1v) is 8.94. The van der Waals surface area contributed by atoms with E-state index in [4.69, 9.17) is 5.73 Å². The number of alkyl halides is 1. The summed E-state index contributed by atoms with van der Waals surface area (Å²) in [5, 5.41) is 5.95. The van der Waals surface area contributed by atoms with Crippen LogP contribution < -0.4 is 16.4 Å². The predicted molar refractivity (Wildman–Crippen MR) is 91.6 cm³/mol. The van der Waals surface area contributed by atoms with Crippen molar-refractivity contribution < 1.29 is 9.18 Å². The molecule has 4 atom stereocenters. The van der Waals surface area contributed by atoms with Crippen molar-refractivity contribution >= 4 is 5.91 Å². The van der Waals surface area contributed by atoms with Gasteiger partial charge in [0, 0.05) is 25.0 Å². The van der Waals surface area contributed by atoms with E-state index in [1.165, 1.54) is 0 Å². The highest BCUT2D eigenvalue weighted by molar-refractivity contribution is 5.76. The zero-order valence-corrected chi connectivity index (χ0v) is 14.8. The molecule has 0 aromatic rings. The summed E-state index contributed by atoms with van der Waals surface area (Å²) < 4.78 is 13.4. The van der Waals surface area contributed by atoms with Gasteiger partial charge in [-0.15, -0.1) is 0 Å². The van der Waals surface area contributed by atoms with E-state index < -0.39 is 6.17 Å². The minimum Gasteiger partial charge on any atom is -0.356 e. The molecule has 4 nitrogen and oxygen atoms in total. The number of carbonyl (C=O) groups excluding carboxylic acids is 1. The maximum atomic E-state index is 13.4. The van der Waals surface area contributed by atoms with Gasteiger partial charge in [-0.25, -0.2) is 4.39 Å². The highest BCUT2D eigenvalue weighted by Crippen LogP contribution is 2.20. The van der Waals surface area contributed by atoms with E-state index in [2.05, 4.69) is 10.6 Å². The average molecular weight is 317 g/mol. The Morgan fingerprint density at radius 3 is 2.45 bits per heavy atom. The van der Waals surface area contributed by atoms with E-state index in [0.29, 0.717) is 6.42 Å². The van der Waals surface area contributed by atoms with E-state index in [9.17, 15) is 9.18 Å². The molecule has 0 spiro atoms. The number of hydrogen-bond donors (Lipinski definition) is 3. The zero-order valence-electron chi connectivity index (χ0n) is 14.8. The van der Waals surface area contributed by atoms with Crippen LogP contribution in [0.3, 0.4) is 0 Å². The number of amides is 1. The largest absolute Gasteiger partial charge is 0.356 e. The summed E-state index contributed by atoms with van der Waals surface area (Å²) in [5.41, 5.74) is 5.56. The number of halogens is 1. The SMILES string of the molecule is CC.CCC(C)C(F)C1CCCN1.NC1CCCNC(=O)C1. The Balaban J connectivity index is 0.000000366. The second kappa shape index (κ2) is 12.8. The second-order valence-corrected chi connectivity index (χ2v) is 5.99. The summed E-state index contributed by atoms with van der Waals surface area (Å²) in [4.78, 5) is 10.7. The van der Waals surface area contributed by atoms with Gasteiger partial charge >= 0.3 is 0 Å². The summed E-state index contributed by atoms with van der Waals surface area (Å²) in [6.07, 6.45) is 4.96. The van der Waals surface area contributed by atoms with Crippen molar-refractivity contribution in [2.24, 2.45) is 11.7 Å². The Morgan fingerprint density at radius 2 is 1.91 bits per heavy atom. The molecule has 132 valence electrons. The van der Waals surface area contributed by atoms with Crippen LogP contribution in [0.4, 0.5) is 4.39 Å². The first-order chi connectivity index (χ1) is 10.5. The highest BCUT2D eigenvalue weighted by Gasteiger charge is 2.27. The van der Waals surface area contributed by atoms with Gasteiger partial charge in [0.15, 0.2) is 0 Å². The Morgan fingerprint density at radius 1 is 1.27 bits per heavy atom. The molecular formula is C17H36FN3O. The molecule has 2 aliphatic heterocycles. The highest BCUT2D eigenvalue weighted by atomic mass is 19.1. The lowest BCUT2D eigenvalue weighted by atomic mass is 9.96. The Labute approximate surface area is 135 Å². The molecule has 4 unspecified atom stereocenters. The number of hydrogen-bond acceptors (Lipinski definition) is 3. The van der Waals surface area contributed by atoms with Crippen LogP contribution in [0.2, 0.25) is 0 Å². The van der Waals surface area contributed by atoms with E-state index in [-0.39, 0.29) is 23.9 Å².